The molecule has 3 rings (SSSR count). The maximum atomic E-state index is 13.1. The van der Waals surface area contributed by atoms with Crippen molar-refractivity contribution in [2.75, 3.05) is 40.5 Å². The lowest BCUT2D eigenvalue weighted by molar-refractivity contribution is 0.0656. The lowest BCUT2D eigenvalue weighted by Crippen LogP contribution is -2.47. The molecule has 2 aliphatic heterocycles. The zero-order valence-electron chi connectivity index (χ0n) is 14.6. The molecule has 2 aliphatic rings. The molecule has 0 aliphatic carbocycles. The maximum absolute atomic E-state index is 13.1. The number of ether oxygens (including phenoxy) is 2. The second-order valence-corrected chi connectivity index (χ2v) is 6.60. The van der Waals surface area contributed by atoms with Gasteiger partial charge >= 0.3 is 0 Å². The fourth-order valence-corrected chi connectivity index (χ4v) is 3.91. The summed E-state index contributed by atoms with van der Waals surface area (Å²) in [6.45, 7) is 2.81. The van der Waals surface area contributed by atoms with Crippen molar-refractivity contribution in [1.29, 1.82) is 0 Å². The summed E-state index contributed by atoms with van der Waals surface area (Å²) < 4.78 is 10.7. The Kier molecular flexibility index (Phi) is 5.68. The van der Waals surface area contributed by atoms with Crippen LogP contribution in [0.25, 0.3) is 0 Å². The predicted octanol–water partition coefficient (Wildman–Crippen LogP) is 1.81. The number of hydrogen-bond donors (Lipinski definition) is 0. The van der Waals surface area contributed by atoms with E-state index in [4.69, 9.17) is 9.47 Å². The minimum absolute atomic E-state index is 0.0401. The first-order valence-corrected chi connectivity index (χ1v) is 8.80. The van der Waals surface area contributed by atoms with Crippen LogP contribution >= 0.6 is 0 Å². The van der Waals surface area contributed by atoms with E-state index in [9.17, 15) is 4.79 Å². The Labute approximate surface area is 143 Å². The molecular formula is C18H27N3O3. The Morgan fingerprint density at radius 1 is 1.25 bits per heavy atom. The van der Waals surface area contributed by atoms with E-state index in [-0.39, 0.29) is 5.91 Å². The van der Waals surface area contributed by atoms with Gasteiger partial charge in [-0.1, -0.05) is 0 Å². The summed E-state index contributed by atoms with van der Waals surface area (Å²) >= 11 is 0. The van der Waals surface area contributed by atoms with Gasteiger partial charge in [-0.05, 0) is 51.4 Å². The molecule has 1 aromatic rings. The number of nitrogens with zero attached hydrogens (tertiary/aromatic N) is 3. The number of likely N-dealkylation sites (N-methyl/N-ethyl adjacent to an activating group) is 1. The van der Waals surface area contributed by atoms with Gasteiger partial charge in [0.1, 0.15) is 12.2 Å². The molecule has 6 nitrogen and oxygen atoms in total. The first-order chi connectivity index (χ1) is 11.7. The van der Waals surface area contributed by atoms with Gasteiger partial charge in [0.05, 0.1) is 6.61 Å². The molecule has 1 amide bonds. The number of amides is 1. The molecule has 132 valence electrons. The molecule has 2 fully saturated rings. The van der Waals surface area contributed by atoms with Crippen LogP contribution in [0.5, 0.6) is 5.88 Å². The zero-order chi connectivity index (χ0) is 16.9. The maximum Gasteiger partial charge on any atom is 0.259 e. The third-order valence-electron chi connectivity index (χ3n) is 5.11. The van der Waals surface area contributed by atoms with Crippen molar-refractivity contribution in [3.8, 4) is 5.88 Å². The number of aromatic nitrogens is 1. The van der Waals surface area contributed by atoms with Crippen molar-refractivity contribution >= 4 is 5.91 Å². The van der Waals surface area contributed by atoms with E-state index in [1.54, 1.807) is 19.4 Å². The second-order valence-electron chi connectivity index (χ2n) is 6.60. The third kappa shape index (κ3) is 3.54. The van der Waals surface area contributed by atoms with E-state index in [0.29, 0.717) is 36.7 Å². The van der Waals surface area contributed by atoms with Crippen LogP contribution in [0.2, 0.25) is 0 Å². The minimum Gasteiger partial charge on any atom is -0.475 e. The molecule has 2 saturated heterocycles. The molecule has 24 heavy (non-hydrogen) atoms. The van der Waals surface area contributed by atoms with Gasteiger partial charge in [0.2, 0.25) is 5.88 Å². The largest absolute Gasteiger partial charge is 0.475 e. The number of carbonyl (C=O) groups excluding carboxylic acids is 1. The number of methoxy groups -OCH3 is 1. The van der Waals surface area contributed by atoms with Gasteiger partial charge < -0.3 is 19.3 Å². The Hall–Kier alpha value is -1.66. The molecule has 0 radical (unpaired) electrons. The van der Waals surface area contributed by atoms with Crippen molar-refractivity contribution in [1.82, 2.24) is 14.8 Å². The van der Waals surface area contributed by atoms with Gasteiger partial charge in [0.15, 0.2) is 0 Å². The van der Waals surface area contributed by atoms with E-state index < -0.39 is 0 Å². The average Bonchev–Trinajstić information content (AvgIpc) is 3.23. The SMILES string of the molecule is COCCOc1ncccc1C(=O)N1CCC[C@@H]1[C@H]1CCCN1C. The highest BCUT2D eigenvalue weighted by atomic mass is 16.5. The van der Waals surface area contributed by atoms with Crippen molar-refractivity contribution in [3.05, 3.63) is 23.9 Å². The van der Waals surface area contributed by atoms with Crippen molar-refractivity contribution in [2.45, 2.75) is 37.8 Å². The summed E-state index contributed by atoms with van der Waals surface area (Å²) in [5, 5.41) is 0. The lowest BCUT2D eigenvalue weighted by Gasteiger charge is -2.33. The highest BCUT2D eigenvalue weighted by Crippen LogP contribution is 2.31. The van der Waals surface area contributed by atoms with Crippen LogP contribution in [-0.4, -0.2) is 73.2 Å². The monoisotopic (exact) mass is 333 g/mol. The van der Waals surface area contributed by atoms with E-state index in [1.165, 1.54) is 12.8 Å². The van der Waals surface area contributed by atoms with Gasteiger partial charge in [0, 0.05) is 31.9 Å². The molecule has 0 bridgehead atoms. The molecule has 0 N–H and O–H groups in total. The molecule has 2 atom stereocenters. The van der Waals surface area contributed by atoms with Crippen LogP contribution in [0.1, 0.15) is 36.0 Å². The zero-order valence-corrected chi connectivity index (χ0v) is 14.6. The summed E-state index contributed by atoms with van der Waals surface area (Å²) in [5.41, 5.74) is 0.557. The first kappa shape index (κ1) is 17.2. The van der Waals surface area contributed by atoms with Gasteiger partial charge in [-0.15, -0.1) is 0 Å². The lowest BCUT2D eigenvalue weighted by atomic mass is 10.0. The molecule has 0 unspecified atom stereocenters. The summed E-state index contributed by atoms with van der Waals surface area (Å²) in [6.07, 6.45) is 6.21. The summed E-state index contributed by atoms with van der Waals surface area (Å²) in [7, 11) is 3.79. The number of carbonyl (C=O) groups is 1. The quantitative estimate of drug-likeness (QED) is 0.743. The van der Waals surface area contributed by atoms with Crippen LogP contribution in [0.4, 0.5) is 0 Å². The Bertz CT molecular complexity index is 566. The second kappa shape index (κ2) is 7.94. The molecule has 0 saturated carbocycles. The van der Waals surface area contributed by atoms with Crippen LogP contribution in [0.3, 0.4) is 0 Å². The van der Waals surface area contributed by atoms with E-state index in [2.05, 4.69) is 16.9 Å². The molecule has 3 heterocycles. The van der Waals surface area contributed by atoms with Gasteiger partial charge in [-0.3, -0.25) is 4.79 Å². The highest BCUT2D eigenvalue weighted by Gasteiger charge is 2.39. The summed E-state index contributed by atoms with van der Waals surface area (Å²) in [6, 6.07) is 4.39. The topological polar surface area (TPSA) is 54.9 Å². The number of pyridine rings is 1. The van der Waals surface area contributed by atoms with Crippen LogP contribution in [-0.2, 0) is 4.74 Å². The predicted molar refractivity (Wildman–Crippen MR) is 91.3 cm³/mol. The molecule has 6 heteroatoms. The molecule has 0 aromatic carbocycles. The summed E-state index contributed by atoms with van der Waals surface area (Å²) in [5.74, 6) is 0.447. The van der Waals surface area contributed by atoms with Crippen LogP contribution < -0.4 is 4.74 Å². The van der Waals surface area contributed by atoms with Gasteiger partial charge in [0.25, 0.3) is 5.91 Å². The van der Waals surface area contributed by atoms with E-state index in [1.807, 2.05) is 11.0 Å². The Morgan fingerprint density at radius 2 is 2.04 bits per heavy atom. The number of hydrogen-bond acceptors (Lipinski definition) is 5. The van der Waals surface area contributed by atoms with E-state index in [0.717, 1.165) is 25.9 Å². The first-order valence-electron chi connectivity index (χ1n) is 8.80. The fourth-order valence-electron chi connectivity index (χ4n) is 3.91. The van der Waals surface area contributed by atoms with Crippen molar-refractivity contribution in [3.63, 3.8) is 0 Å². The number of rotatable bonds is 6. The molecular weight excluding hydrogens is 306 g/mol. The standard InChI is InChI=1S/C18H27N3O3/c1-20-10-4-7-15(20)16-8-5-11-21(16)18(22)14-6-3-9-19-17(14)24-13-12-23-2/h3,6,9,15-16H,4-5,7-8,10-13H2,1-2H3/t15-,16-/m1/s1. The molecule has 0 spiro atoms. The Balaban J connectivity index is 1.75. The number of likely N-dealkylation sites (tertiary alicyclic amines) is 2. The van der Waals surface area contributed by atoms with Crippen molar-refractivity contribution < 1.29 is 14.3 Å². The highest BCUT2D eigenvalue weighted by molar-refractivity contribution is 5.96. The minimum atomic E-state index is 0.0401. The normalized spacial score (nSPS) is 24.5. The van der Waals surface area contributed by atoms with Crippen molar-refractivity contribution in [2.24, 2.45) is 0 Å². The summed E-state index contributed by atoms with van der Waals surface area (Å²) in [4.78, 5) is 21.8. The van der Waals surface area contributed by atoms with E-state index >= 15 is 0 Å². The third-order valence-corrected chi connectivity index (χ3v) is 5.11. The smallest absolute Gasteiger partial charge is 0.259 e. The van der Waals surface area contributed by atoms with Gasteiger partial charge in [-0.25, -0.2) is 4.98 Å². The average molecular weight is 333 g/mol. The Morgan fingerprint density at radius 3 is 2.79 bits per heavy atom. The van der Waals surface area contributed by atoms with Gasteiger partial charge in [-0.2, -0.15) is 0 Å². The fraction of sp³-hybridized carbons (Fsp3) is 0.667. The van der Waals surface area contributed by atoms with Crippen LogP contribution in [0.15, 0.2) is 18.3 Å². The van der Waals surface area contributed by atoms with Crippen LogP contribution in [0, 0.1) is 0 Å². The molecule has 1 aromatic heterocycles.